The van der Waals surface area contributed by atoms with Crippen molar-refractivity contribution in [3.63, 3.8) is 0 Å². The molecule has 8 nitrogen and oxygen atoms in total. The molecule has 1 aliphatic heterocycles. The summed E-state index contributed by atoms with van der Waals surface area (Å²) in [6.45, 7) is 5.15. The van der Waals surface area contributed by atoms with Crippen molar-refractivity contribution in [2.75, 3.05) is 37.4 Å². The van der Waals surface area contributed by atoms with Crippen LogP contribution in [0.1, 0.15) is 37.0 Å². The number of hydrogen-bond donors (Lipinski definition) is 2. The summed E-state index contributed by atoms with van der Waals surface area (Å²) in [6, 6.07) is 11.8. The third-order valence-electron chi connectivity index (χ3n) is 5.47. The Hall–Kier alpha value is -3.26. The Labute approximate surface area is 204 Å². The van der Waals surface area contributed by atoms with Crippen molar-refractivity contribution in [2.45, 2.75) is 26.7 Å². The number of anilines is 2. The summed E-state index contributed by atoms with van der Waals surface area (Å²) in [4.78, 5) is 39.3. The minimum atomic E-state index is -0.537. The zero-order valence-electron chi connectivity index (χ0n) is 19.6. The van der Waals surface area contributed by atoms with E-state index in [0.29, 0.717) is 60.2 Å². The fourth-order valence-electron chi connectivity index (χ4n) is 3.68. The number of benzene rings is 2. The van der Waals surface area contributed by atoms with Crippen molar-refractivity contribution in [1.82, 2.24) is 4.90 Å². The molecule has 1 aliphatic rings. The maximum Gasteiger partial charge on any atom is 0.411 e. The van der Waals surface area contributed by atoms with Crippen LogP contribution in [-0.2, 0) is 9.53 Å². The minimum absolute atomic E-state index is 0.119. The van der Waals surface area contributed by atoms with Crippen LogP contribution >= 0.6 is 11.6 Å². The number of likely N-dealkylation sites (tertiary alicyclic amines) is 1. The number of ether oxygens (including phenoxy) is 2. The first kappa shape index (κ1) is 25.4. The molecule has 0 saturated carbocycles. The van der Waals surface area contributed by atoms with Gasteiger partial charge >= 0.3 is 6.09 Å². The molecule has 0 bridgehead atoms. The number of halogens is 1. The molecule has 1 heterocycles. The van der Waals surface area contributed by atoms with E-state index in [4.69, 9.17) is 21.1 Å². The van der Waals surface area contributed by atoms with Gasteiger partial charge in [0.05, 0.1) is 19.3 Å². The fraction of sp³-hybridized carbons (Fsp3) is 0.400. The number of amides is 3. The Balaban J connectivity index is 1.54. The van der Waals surface area contributed by atoms with Crippen LogP contribution in [0.5, 0.6) is 5.75 Å². The van der Waals surface area contributed by atoms with E-state index in [9.17, 15) is 14.4 Å². The van der Waals surface area contributed by atoms with Gasteiger partial charge in [0, 0.05) is 35.4 Å². The molecular formula is C25H30ClN3O5. The first-order valence-corrected chi connectivity index (χ1v) is 11.6. The van der Waals surface area contributed by atoms with E-state index in [0.717, 1.165) is 0 Å². The van der Waals surface area contributed by atoms with Crippen LogP contribution in [0.3, 0.4) is 0 Å². The van der Waals surface area contributed by atoms with Gasteiger partial charge < -0.3 is 19.7 Å². The Kier molecular flexibility index (Phi) is 8.76. The van der Waals surface area contributed by atoms with Crippen LogP contribution < -0.4 is 15.4 Å². The molecule has 0 aromatic heterocycles. The van der Waals surface area contributed by atoms with E-state index < -0.39 is 6.09 Å². The van der Waals surface area contributed by atoms with Gasteiger partial charge in [0.2, 0.25) is 5.91 Å². The molecule has 1 saturated heterocycles. The number of methoxy groups -OCH3 is 1. The molecule has 2 N–H and O–H groups in total. The van der Waals surface area contributed by atoms with Crippen molar-refractivity contribution < 1.29 is 23.9 Å². The molecule has 0 atom stereocenters. The van der Waals surface area contributed by atoms with Gasteiger partial charge in [0.25, 0.3) is 5.91 Å². The van der Waals surface area contributed by atoms with Gasteiger partial charge in [-0.2, -0.15) is 0 Å². The number of piperidine rings is 1. The molecule has 9 heteroatoms. The standard InChI is InChI=1S/C25H30ClN3O5/c1-16(2)15-34-25(32)28-20-6-4-5-19(14-20)27-23(30)17-9-11-29(12-10-17)24(31)21-13-18(26)7-8-22(21)33-3/h4-8,13-14,16-17H,9-12,15H2,1-3H3,(H,27,30)(H,28,32). The van der Waals surface area contributed by atoms with Crippen LogP contribution in [0.2, 0.25) is 5.02 Å². The van der Waals surface area contributed by atoms with Crippen LogP contribution in [-0.4, -0.2) is 49.6 Å². The third-order valence-corrected chi connectivity index (χ3v) is 5.70. The van der Waals surface area contributed by atoms with E-state index >= 15 is 0 Å². The maximum atomic E-state index is 13.0. The van der Waals surface area contributed by atoms with Gasteiger partial charge in [-0.25, -0.2) is 4.79 Å². The highest BCUT2D eigenvalue weighted by Gasteiger charge is 2.29. The lowest BCUT2D eigenvalue weighted by molar-refractivity contribution is -0.121. The number of rotatable bonds is 7. The molecule has 0 spiro atoms. The van der Waals surface area contributed by atoms with Gasteiger partial charge in [-0.05, 0) is 55.2 Å². The Bertz CT molecular complexity index is 1030. The monoisotopic (exact) mass is 487 g/mol. The summed E-state index contributed by atoms with van der Waals surface area (Å²) in [7, 11) is 1.51. The van der Waals surface area contributed by atoms with Crippen molar-refractivity contribution in [2.24, 2.45) is 11.8 Å². The zero-order valence-corrected chi connectivity index (χ0v) is 20.4. The van der Waals surface area contributed by atoms with E-state index in [1.54, 1.807) is 47.4 Å². The van der Waals surface area contributed by atoms with Crippen LogP contribution in [0.4, 0.5) is 16.2 Å². The summed E-state index contributed by atoms with van der Waals surface area (Å²) in [6.07, 6.45) is 0.547. The minimum Gasteiger partial charge on any atom is -0.496 e. The number of nitrogens with one attached hydrogen (secondary N) is 2. The highest BCUT2D eigenvalue weighted by atomic mass is 35.5. The first-order chi connectivity index (χ1) is 16.3. The first-order valence-electron chi connectivity index (χ1n) is 11.2. The molecule has 2 aromatic carbocycles. The molecule has 3 amide bonds. The molecule has 1 fully saturated rings. The lowest BCUT2D eigenvalue weighted by atomic mass is 9.95. The molecule has 0 aliphatic carbocycles. The van der Waals surface area contributed by atoms with E-state index in [2.05, 4.69) is 10.6 Å². The second-order valence-electron chi connectivity index (χ2n) is 8.60. The second-order valence-corrected chi connectivity index (χ2v) is 9.03. The largest absolute Gasteiger partial charge is 0.496 e. The van der Waals surface area contributed by atoms with Crippen molar-refractivity contribution in [3.8, 4) is 5.75 Å². The topological polar surface area (TPSA) is 97.0 Å². The van der Waals surface area contributed by atoms with Gasteiger partial charge in [0.1, 0.15) is 5.75 Å². The Morgan fingerprint density at radius 1 is 1.06 bits per heavy atom. The molecular weight excluding hydrogens is 458 g/mol. The summed E-state index contributed by atoms with van der Waals surface area (Å²) in [5, 5.41) is 6.03. The summed E-state index contributed by atoms with van der Waals surface area (Å²) in [5.74, 6) is 0.202. The normalized spacial score (nSPS) is 14.0. The third kappa shape index (κ3) is 6.87. The van der Waals surface area contributed by atoms with Crippen LogP contribution in [0, 0.1) is 11.8 Å². The maximum absolute atomic E-state index is 13.0. The number of nitrogens with zero attached hydrogens (tertiary/aromatic N) is 1. The van der Waals surface area contributed by atoms with Crippen LogP contribution in [0.25, 0.3) is 0 Å². The summed E-state index contributed by atoms with van der Waals surface area (Å²) < 4.78 is 10.4. The highest BCUT2D eigenvalue weighted by molar-refractivity contribution is 6.31. The van der Waals surface area contributed by atoms with E-state index in [1.165, 1.54) is 7.11 Å². The molecule has 0 unspecified atom stereocenters. The van der Waals surface area contributed by atoms with Gasteiger partial charge in [-0.15, -0.1) is 0 Å². The van der Waals surface area contributed by atoms with E-state index in [-0.39, 0.29) is 23.7 Å². The molecule has 3 rings (SSSR count). The Morgan fingerprint density at radius 2 is 1.74 bits per heavy atom. The average Bonchev–Trinajstić information content (AvgIpc) is 2.82. The number of carbonyl (C=O) groups excluding carboxylic acids is 3. The van der Waals surface area contributed by atoms with Gasteiger partial charge in [-0.1, -0.05) is 31.5 Å². The van der Waals surface area contributed by atoms with E-state index in [1.807, 2.05) is 13.8 Å². The molecule has 2 aromatic rings. The SMILES string of the molecule is COc1ccc(Cl)cc1C(=O)N1CCC(C(=O)Nc2cccc(NC(=O)OCC(C)C)c2)CC1. The fourth-order valence-corrected chi connectivity index (χ4v) is 3.85. The molecule has 0 radical (unpaired) electrons. The Morgan fingerprint density at radius 3 is 2.38 bits per heavy atom. The quantitative estimate of drug-likeness (QED) is 0.570. The summed E-state index contributed by atoms with van der Waals surface area (Å²) >= 11 is 6.06. The summed E-state index contributed by atoms with van der Waals surface area (Å²) in [5.41, 5.74) is 1.52. The van der Waals surface area contributed by atoms with Gasteiger partial charge in [0.15, 0.2) is 0 Å². The predicted octanol–water partition coefficient (Wildman–Crippen LogP) is 5.04. The second kappa shape index (κ2) is 11.7. The highest BCUT2D eigenvalue weighted by Crippen LogP contribution is 2.27. The predicted molar refractivity (Wildman–Crippen MR) is 132 cm³/mol. The molecule has 34 heavy (non-hydrogen) atoms. The number of carbonyl (C=O) groups is 3. The van der Waals surface area contributed by atoms with Crippen molar-refractivity contribution in [3.05, 3.63) is 53.1 Å². The lowest BCUT2D eigenvalue weighted by Gasteiger charge is -2.31. The smallest absolute Gasteiger partial charge is 0.411 e. The lowest BCUT2D eigenvalue weighted by Crippen LogP contribution is -2.41. The van der Waals surface area contributed by atoms with Crippen molar-refractivity contribution in [1.29, 1.82) is 0 Å². The van der Waals surface area contributed by atoms with Crippen LogP contribution in [0.15, 0.2) is 42.5 Å². The number of hydrogen-bond acceptors (Lipinski definition) is 5. The van der Waals surface area contributed by atoms with Crippen molar-refractivity contribution >= 4 is 40.9 Å². The van der Waals surface area contributed by atoms with Gasteiger partial charge in [-0.3, -0.25) is 14.9 Å². The average molecular weight is 488 g/mol. The zero-order chi connectivity index (χ0) is 24.7. The molecule has 182 valence electrons.